The van der Waals surface area contributed by atoms with Gasteiger partial charge in [0, 0.05) is 49.4 Å². The first-order valence-corrected chi connectivity index (χ1v) is 10.0. The van der Waals surface area contributed by atoms with E-state index in [2.05, 4.69) is 60.9 Å². The Labute approximate surface area is 166 Å². The van der Waals surface area contributed by atoms with E-state index in [-0.39, 0.29) is 5.63 Å². The Morgan fingerprint density at radius 3 is 2.61 bits per heavy atom. The van der Waals surface area contributed by atoms with Gasteiger partial charge in [0.15, 0.2) is 0 Å². The van der Waals surface area contributed by atoms with Crippen LogP contribution in [0.1, 0.15) is 29.2 Å². The zero-order chi connectivity index (χ0) is 19.8. The highest BCUT2D eigenvalue weighted by Crippen LogP contribution is 2.26. The highest BCUT2D eigenvalue weighted by Gasteiger charge is 2.24. The molecule has 1 saturated heterocycles. The topological polar surface area (TPSA) is 36.7 Å². The van der Waals surface area contributed by atoms with Crippen molar-refractivity contribution in [1.29, 1.82) is 0 Å². The first kappa shape index (κ1) is 18.8. The Hall–Kier alpha value is -2.59. The highest BCUT2D eigenvalue weighted by molar-refractivity contribution is 5.84. The van der Waals surface area contributed by atoms with E-state index in [0.717, 1.165) is 42.7 Å². The molecule has 1 aliphatic heterocycles. The third-order valence-corrected chi connectivity index (χ3v) is 5.71. The minimum absolute atomic E-state index is 0.265. The van der Waals surface area contributed by atoms with Gasteiger partial charge in [-0.1, -0.05) is 18.2 Å². The first-order chi connectivity index (χ1) is 13.4. The summed E-state index contributed by atoms with van der Waals surface area (Å²) < 4.78 is 5.48. The van der Waals surface area contributed by atoms with Crippen molar-refractivity contribution in [2.45, 2.75) is 40.3 Å². The summed E-state index contributed by atoms with van der Waals surface area (Å²) in [6.07, 6.45) is 0. The lowest BCUT2D eigenvalue weighted by Crippen LogP contribution is -2.51. The molecular weight excluding hydrogens is 348 g/mol. The fourth-order valence-electron chi connectivity index (χ4n) is 4.51. The van der Waals surface area contributed by atoms with Gasteiger partial charge in [-0.2, -0.15) is 0 Å². The summed E-state index contributed by atoms with van der Waals surface area (Å²) in [5.74, 6) is 0. The van der Waals surface area contributed by atoms with E-state index < -0.39 is 0 Å². The number of nitrogens with zero attached hydrogens (tertiary/aromatic N) is 2. The molecule has 1 fully saturated rings. The smallest absolute Gasteiger partial charge is 0.336 e. The summed E-state index contributed by atoms with van der Waals surface area (Å²) in [5.41, 5.74) is 6.38. The second-order valence-corrected chi connectivity index (χ2v) is 8.16. The van der Waals surface area contributed by atoms with E-state index in [0.29, 0.717) is 11.6 Å². The molecule has 0 aliphatic carbocycles. The number of fused-ring (bicyclic) bond motifs is 1. The van der Waals surface area contributed by atoms with Gasteiger partial charge in [0.05, 0.1) is 0 Å². The summed E-state index contributed by atoms with van der Waals surface area (Å²) in [5, 5.41) is 1.08. The van der Waals surface area contributed by atoms with Crippen LogP contribution in [0.3, 0.4) is 0 Å². The zero-order valence-corrected chi connectivity index (χ0v) is 17.2. The number of hydrogen-bond acceptors (Lipinski definition) is 4. The Bertz CT molecular complexity index is 1070. The van der Waals surface area contributed by atoms with Crippen LogP contribution in [-0.4, -0.2) is 30.6 Å². The standard InChI is InChI=1S/C24H28N2O2/c1-16-6-5-7-21(11-16)26-9-8-25(14-19(26)4)15-20-13-23(27)28-22-12-17(2)10-18(3)24(20)22/h5-7,10-13,19H,8-9,14-15H2,1-4H3/t19-/m0/s1. The molecular formula is C24H28N2O2. The molecule has 146 valence electrons. The van der Waals surface area contributed by atoms with Crippen LogP contribution in [0, 0.1) is 20.8 Å². The lowest BCUT2D eigenvalue weighted by atomic mass is 10.0. The lowest BCUT2D eigenvalue weighted by Gasteiger charge is -2.41. The summed E-state index contributed by atoms with van der Waals surface area (Å²) in [6.45, 7) is 12.3. The van der Waals surface area contributed by atoms with Gasteiger partial charge in [-0.3, -0.25) is 4.90 Å². The van der Waals surface area contributed by atoms with Crippen molar-refractivity contribution < 1.29 is 4.42 Å². The summed E-state index contributed by atoms with van der Waals surface area (Å²) in [7, 11) is 0. The Morgan fingerprint density at radius 1 is 1.04 bits per heavy atom. The maximum Gasteiger partial charge on any atom is 0.336 e. The van der Waals surface area contributed by atoms with E-state index in [1.54, 1.807) is 6.07 Å². The number of rotatable bonds is 3. The predicted molar refractivity (Wildman–Crippen MR) is 115 cm³/mol. The van der Waals surface area contributed by atoms with Crippen molar-refractivity contribution in [2.75, 3.05) is 24.5 Å². The molecule has 1 aliphatic rings. The van der Waals surface area contributed by atoms with Gasteiger partial charge in [0.2, 0.25) is 0 Å². The summed E-state index contributed by atoms with van der Waals surface area (Å²) >= 11 is 0. The third-order valence-electron chi connectivity index (χ3n) is 5.71. The fourth-order valence-corrected chi connectivity index (χ4v) is 4.51. The van der Waals surface area contributed by atoms with Crippen LogP contribution >= 0.6 is 0 Å². The van der Waals surface area contributed by atoms with Crippen LogP contribution in [0.15, 0.2) is 51.7 Å². The molecule has 0 bridgehead atoms. The zero-order valence-electron chi connectivity index (χ0n) is 17.2. The van der Waals surface area contributed by atoms with Gasteiger partial charge < -0.3 is 9.32 Å². The van der Waals surface area contributed by atoms with Crippen molar-refractivity contribution in [2.24, 2.45) is 0 Å². The van der Waals surface area contributed by atoms with Crippen LogP contribution in [0.4, 0.5) is 5.69 Å². The minimum atomic E-state index is -0.265. The first-order valence-electron chi connectivity index (χ1n) is 10.0. The fraction of sp³-hybridized carbons (Fsp3) is 0.375. The van der Waals surface area contributed by atoms with E-state index in [1.807, 2.05) is 13.0 Å². The average Bonchev–Trinajstić information content (AvgIpc) is 2.60. The largest absolute Gasteiger partial charge is 0.423 e. The van der Waals surface area contributed by atoms with Crippen LogP contribution in [0.2, 0.25) is 0 Å². The SMILES string of the molecule is Cc1cccc(N2CCN(Cc3cc(=O)oc4cc(C)cc(C)c34)C[C@@H]2C)c1. The Kier molecular flexibility index (Phi) is 4.98. The maximum absolute atomic E-state index is 12.1. The molecule has 1 aromatic heterocycles. The molecule has 0 saturated carbocycles. The Balaban J connectivity index is 1.57. The molecule has 2 heterocycles. The van der Waals surface area contributed by atoms with E-state index in [1.165, 1.54) is 16.8 Å². The third kappa shape index (κ3) is 3.69. The molecule has 4 heteroatoms. The number of benzene rings is 2. The second kappa shape index (κ2) is 7.44. The number of anilines is 1. The average molecular weight is 377 g/mol. The molecule has 0 unspecified atom stereocenters. The number of hydrogen-bond donors (Lipinski definition) is 0. The molecule has 4 nitrogen and oxygen atoms in total. The molecule has 0 radical (unpaired) electrons. The van der Waals surface area contributed by atoms with Crippen molar-refractivity contribution in [3.63, 3.8) is 0 Å². The molecule has 28 heavy (non-hydrogen) atoms. The van der Waals surface area contributed by atoms with Crippen LogP contribution in [-0.2, 0) is 6.54 Å². The van der Waals surface area contributed by atoms with Crippen molar-refractivity contribution in [3.05, 3.63) is 75.1 Å². The molecule has 2 aromatic carbocycles. The van der Waals surface area contributed by atoms with Gasteiger partial charge in [-0.25, -0.2) is 4.79 Å². The maximum atomic E-state index is 12.1. The van der Waals surface area contributed by atoms with Crippen molar-refractivity contribution in [1.82, 2.24) is 4.90 Å². The van der Waals surface area contributed by atoms with Crippen LogP contribution in [0.5, 0.6) is 0 Å². The van der Waals surface area contributed by atoms with Gasteiger partial charge >= 0.3 is 5.63 Å². The van der Waals surface area contributed by atoms with Gasteiger partial charge in [0.1, 0.15) is 5.58 Å². The quantitative estimate of drug-likeness (QED) is 0.634. The van der Waals surface area contributed by atoms with E-state index >= 15 is 0 Å². The van der Waals surface area contributed by atoms with Gasteiger partial charge in [-0.15, -0.1) is 0 Å². The van der Waals surface area contributed by atoms with Gasteiger partial charge in [-0.05, 0) is 68.1 Å². The number of aryl methyl sites for hydroxylation is 3. The number of piperazine rings is 1. The lowest BCUT2D eigenvalue weighted by molar-refractivity contribution is 0.221. The second-order valence-electron chi connectivity index (χ2n) is 8.16. The molecule has 0 N–H and O–H groups in total. The van der Waals surface area contributed by atoms with Crippen LogP contribution < -0.4 is 10.5 Å². The summed E-state index contributed by atoms with van der Waals surface area (Å²) in [4.78, 5) is 17.0. The molecule has 3 aromatic rings. The predicted octanol–water partition coefficient (Wildman–Crippen LogP) is 4.43. The van der Waals surface area contributed by atoms with Gasteiger partial charge in [0.25, 0.3) is 0 Å². The normalized spacial score (nSPS) is 18.0. The van der Waals surface area contributed by atoms with E-state index in [9.17, 15) is 4.79 Å². The molecule has 1 atom stereocenters. The molecule has 0 amide bonds. The molecule has 4 rings (SSSR count). The Morgan fingerprint density at radius 2 is 1.86 bits per heavy atom. The highest BCUT2D eigenvalue weighted by atomic mass is 16.4. The molecule has 0 spiro atoms. The van der Waals surface area contributed by atoms with Crippen molar-refractivity contribution in [3.8, 4) is 0 Å². The van der Waals surface area contributed by atoms with E-state index in [4.69, 9.17) is 4.42 Å². The van der Waals surface area contributed by atoms with Crippen molar-refractivity contribution >= 4 is 16.7 Å². The van der Waals surface area contributed by atoms with Crippen LogP contribution in [0.25, 0.3) is 11.0 Å². The minimum Gasteiger partial charge on any atom is -0.423 e. The monoisotopic (exact) mass is 376 g/mol. The summed E-state index contributed by atoms with van der Waals surface area (Å²) in [6, 6.07) is 14.9.